The SMILES string of the molecule is CCCCCCCCn1ccc2cc(-c3ccc(C)cc3)ccc21. The van der Waals surface area contributed by atoms with E-state index in [1.54, 1.807) is 0 Å². The highest BCUT2D eigenvalue weighted by atomic mass is 14.9. The standard InChI is InChI=1S/C23H29N/c1-3-4-5-6-7-8-16-24-17-15-22-18-21(13-14-23(22)24)20-11-9-19(2)10-12-20/h9-15,17-18H,3-8,16H2,1-2H3. The Balaban J connectivity index is 1.66. The average molecular weight is 319 g/mol. The molecule has 0 saturated heterocycles. The quantitative estimate of drug-likeness (QED) is 0.395. The van der Waals surface area contributed by atoms with Crippen LogP contribution in [0.3, 0.4) is 0 Å². The van der Waals surface area contributed by atoms with Gasteiger partial charge in [0.05, 0.1) is 0 Å². The van der Waals surface area contributed by atoms with Crippen LogP contribution in [0.4, 0.5) is 0 Å². The van der Waals surface area contributed by atoms with Crippen molar-refractivity contribution in [1.29, 1.82) is 0 Å². The van der Waals surface area contributed by atoms with Gasteiger partial charge in [-0.05, 0) is 42.7 Å². The summed E-state index contributed by atoms with van der Waals surface area (Å²) in [5.41, 5.74) is 5.27. The number of fused-ring (bicyclic) bond motifs is 1. The minimum absolute atomic E-state index is 1.14. The van der Waals surface area contributed by atoms with Crippen LogP contribution in [0.15, 0.2) is 54.7 Å². The van der Waals surface area contributed by atoms with Crippen LogP contribution in [0.25, 0.3) is 22.0 Å². The van der Waals surface area contributed by atoms with E-state index in [1.165, 1.54) is 66.1 Å². The van der Waals surface area contributed by atoms with Gasteiger partial charge in [-0.3, -0.25) is 0 Å². The van der Waals surface area contributed by atoms with Crippen molar-refractivity contribution in [2.75, 3.05) is 0 Å². The Morgan fingerprint density at radius 2 is 1.46 bits per heavy atom. The minimum Gasteiger partial charge on any atom is -0.347 e. The summed E-state index contributed by atoms with van der Waals surface area (Å²) in [4.78, 5) is 0. The van der Waals surface area contributed by atoms with Crippen molar-refractivity contribution in [3.63, 3.8) is 0 Å². The first-order chi connectivity index (χ1) is 11.8. The van der Waals surface area contributed by atoms with Crippen molar-refractivity contribution >= 4 is 10.9 Å². The summed E-state index contributed by atoms with van der Waals surface area (Å²) >= 11 is 0. The Hall–Kier alpha value is -2.02. The fourth-order valence-electron chi connectivity index (χ4n) is 3.38. The lowest BCUT2D eigenvalue weighted by Crippen LogP contribution is -1.96. The maximum absolute atomic E-state index is 2.41. The van der Waals surface area contributed by atoms with E-state index in [4.69, 9.17) is 0 Å². The van der Waals surface area contributed by atoms with Gasteiger partial charge < -0.3 is 4.57 Å². The summed E-state index contributed by atoms with van der Waals surface area (Å²) in [7, 11) is 0. The minimum atomic E-state index is 1.14. The molecule has 3 aromatic rings. The molecule has 0 radical (unpaired) electrons. The summed E-state index contributed by atoms with van der Waals surface area (Å²) in [5.74, 6) is 0. The molecule has 126 valence electrons. The molecule has 3 rings (SSSR count). The Morgan fingerprint density at radius 1 is 0.750 bits per heavy atom. The van der Waals surface area contributed by atoms with Gasteiger partial charge in [-0.25, -0.2) is 0 Å². The summed E-state index contributed by atoms with van der Waals surface area (Å²) in [6.45, 7) is 5.55. The first-order valence-electron chi connectivity index (χ1n) is 9.44. The van der Waals surface area contributed by atoms with Crippen molar-refractivity contribution < 1.29 is 0 Å². The number of rotatable bonds is 8. The second-order valence-electron chi connectivity index (χ2n) is 6.92. The highest BCUT2D eigenvalue weighted by Crippen LogP contribution is 2.26. The van der Waals surface area contributed by atoms with E-state index >= 15 is 0 Å². The predicted molar refractivity (Wildman–Crippen MR) is 105 cm³/mol. The topological polar surface area (TPSA) is 4.93 Å². The lowest BCUT2D eigenvalue weighted by atomic mass is 10.0. The van der Waals surface area contributed by atoms with Crippen LogP contribution in [-0.2, 0) is 6.54 Å². The Morgan fingerprint density at radius 3 is 2.25 bits per heavy atom. The van der Waals surface area contributed by atoms with E-state index in [-0.39, 0.29) is 0 Å². The molecular weight excluding hydrogens is 290 g/mol. The van der Waals surface area contributed by atoms with E-state index in [0.717, 1.165) is 6.54 Å². The van der Waals surface area contributed by atoms with Crippen LogP contribution in [0.5, 0.6) is 0 Å². The van der Waals surface area contributed by atoms with E-state index in [9.17, 15) is 0 Å². The van der Waals surface area contributed by atoms with Gasteiger partial charge in [0, 0.05) is 23.6 Å². The van der Waals surface area contributed by atoms with Gasteiger partial charge in [-0.2, -0.15) is 0 Å². The van der Waals surface area contributed by atoms with Gasteiger partial charge >= 0.3 is 0 Å². The molecule has 0 amide bonds. The number of hydrogen-bond donors (Lipinski definition) is 0. The highest BCUT2D eigenvalue weighted by molar-refractivity contribution is 5.85. The molecule has 0 atom stereocenters. The fourth-order valence-corrected chi connectivity index (χ4v) is 3.38. The van der Waals surface area contributed by atoms with Crippen molar-refractivity contribution in [2.45, 2.75) is 58.9 Å². The summed E-state index contributed by atoms with van der Waals surface area (Å²) in [6.07, 6.45) is 10.4. The molecule has 1 aromatic heterocycles. The number of unbranched alkanes of at least 4 members (excludes halogenated alkanes) is 5. The van der Waals surface area contributed by atoms with Crippen LogP contribution in [0.1, 0.15) is 51.0 Å². The molecule has 1 heterocycles. The van der Waals surface area contributed by atoms with Crippen LogP contribution in [-0.4, -0.2) is 4.57 Å². The van der Waals surface area contributed by atoms with E-state index in [1.807, 2.05) is 0 Å². The highest BCUT2D eigenvalue weighted by Gasteiger charge is 2.04. The zero-order valence-corrected chi connectivity index (χ0v) is 15.1. The van der Waals surface area contributed by atoms with Crippen molar-refractivity contribution in [3.8, 4) is 11.1 Å². The molecule has 1 nitrogen and oxygen atoms in total. The molecular formula is C23H29N. The van der Waals surface area contributed by atoms with Gasteiger partial charge in [0.1, 0.15) is 0 Å². The lowest BCUT2D eigenvalue weighted by molar-refractivity contribution is 0.565. The number of hydrogen-bond acceptors (Lipinski definition) is 0. The number of benzene rings is 2. The average Bonchev–Trinajstić information content (AvgIpc) is 3.01. The fraction of sp³-hybridized carbons (Fsp3) is 0.391. The molecule has 0 spiro atoms. The van der Waals surface area contributed by atoms with Gasteiger partial charge in [0.25, 0.3) is 0 Å². The molecule has 1 heteroatoms. The van der Waals surface area contributed by atoms with Gasteiger partial charge in [-0.1, -0.05) is 74.9 Å². The molecule has 2 aromatic carbocycles. The van der Waals surface area contributed by atoms with E-state index in [0.29, 0.717) is 0 Å². The molecule has 0 aliphatic heterocycles. The molecule has 0 unspecified atom stereocenters. The second-order valence-corrected chi connectivity index (χ2v) is 6.92. The maximum Gasteiger partial charge on any atom is 0.0480 e. The zero-order chi connectivity index (χ0) is 16.8. The van der Waals surface area contributed by atoms with Gasteiger partial charge in [-0.15, -0.1) is 0 Å². The lowest BCUT2D eigenvalue weighted by Gasteiger charge is -2.07. The third-order valence-electron chi connectivity index (χ3n) is 4.91. The number of aryl methyl sites for hydroxylation is 2. The molecule has 0 aliphatic carbocycles. The van der Waals surface area contributed by atoms with Crippen LogP contribution < -0.4 is 0 Å². The zero-order valence-electron chi connectivity index (χ0n) is 15.1. The summed E-state index contributed by atoms with van der Waals surface area (Å²) < 4.78 is 2.41. The molecule has 0 saturated carbocycles. The van der Waals surface area contributed by atoms with Crippen LogP contribution in [0.2, 0.25) is 0 Å². The molecule has 0 bridgehead atoms. The van der Waals surface area contributed by atoms with E-state index < -0.39 is 0 Å². The third kappa shape index (κ3) is 4.08. The van der Waals surface area contributed by atoms with E-state index in [2.05, 4.69) is 73.1 Å². The first kappa shape index (κ1) is 16.8. The predicted octanol–water partition coefficient (Wildman–Crippen LogP) is 6.98. The normalized spacial score (nSPS) is 11.2. The van der Waals surface area contributed by atoms with Gasteiger partial charge in [0.15, 0.2) is 0 Å². The summed E-state index contributed by atoms with van der Waals surface area (Å²) in [5, 5.41) is 1.35. The van der Waals surface area contributed by atoms with Gasteiger partial charge in [0.2, 0.25) is 0 Å². The van der Waals surface area contributed by atoms with Crippen molar-refractivity contribution in [2.24, 2.45) is 0 Å². The van der Waals surface area contributed by atoms with Crippen LogP contribution >= 0.6 is 0 Å². The van der Waals surface area contributed by atoms with Crippen molar-refractivity contribution in [1.82, 2.24) is 4.57 Å². The largest absolute Gasteiger partial charge is 0.347 e. The maximum atomic E-state index is 2.41. The Labute approximate surface area is 146 Å². The monoisotopic (exact) mass is 319 g/mol. The summed E-state index contributed by atoms with van der Waals surface area (Å²) in [6, 6.07) is 17.9. The second kappa shape index (κ2) is 8.19. The third-order valence-corrected chi connectivity index (χ3v) is 4.91. The molecule has 0 N–H and O–H groups in total. The Kier molecular flexibility index (Phi) is 5.74. The molecule has 0 aliphatic rings. The molecule has 24 heavy (non-hydrogen) atoms. The first-order valence-corrected chi connectivity index (χ1v) is 9.44. The molecule has 0 fully saturated rings. The smallest absolute Gasteiger partial charge is 0.0480 e. The van der Waals surface area contributed by atoms with Crippen LogP contribution in [0, 0.1) is 6.92 Å². The number of aromatic nitrogens is 1. The Bertz CT molecular complexity index is 764. The van der Waals surface area contributed by atoms with Crippen molar-refractivity contribution in [3.05, 3.63) is 60.3 Å². The number of nitrogens with zero attached hydrogens (tertiary/aromatic N) is 1.